The molecule has 1 aromatic heterocycles. The van der Waals surface area contributed by atoms with Gasteiger partial charge in [-0.25, -0.2) is 4.99 Å². The number of aromatic nitrogens is 1. The van der Waals surface area contributed by atoms with Gasteiger partial charge in [0.15, 0.2) is 5.96 Å². The molecule has 4 rings (SSSR count). The highest BCUT2D eigenvalue weighted by Crippen LogP contribution is 2.46. The zero-order chi connectivity index (χ0) is 18.7. The number of para-hydroxylation sites is 1. The van der Waals surface area contributed by atoms with Crippen molar-refractivity contribution in [1.82, 2.24) is 15.2 Å². The molecule has 1 saturated carbocycles. The summed E-state index contributed by atoms with van der Waals surface area (Å²) in [5, 5.41) is 7.10. The van der Waals surface area contributed by atoms with Gasteiger partial charge >= 0.3 is 0 Å². The SMILES string of the molecule is CCNC(=NCc1ccn(C)c1)NC1CC2(CCCC2)Oc2ccccc21.I. The third-order valence-corrected chi connectivity index (χ3v) is 5.68. The lowest BCUT2D eigenvalue weighted by molar-refractivity contribution is 0.0396. The summed E-state index contributed by atoms with van der Waals surface area (Å²) in [4.78, 5) is 4.82. The van der Waals surface area contributed by atoms with Crippen molar-refractivity contribution < 1.29 is 4.74 Å². The van der Waals surface area contributed by atoms with Crippen molar-refractivity contribution in [3.63, 3.8) is 0 Å². The molecule has 1 atom stereocenters. The molecule has 2 aliphatic rings. The molecule has 0 bridgehead atoms. The van der Waals surface area contributed by atoms with Crippen molar-refractivity contribution in [3.8, 4) is 5.75 Å². The maximum Gasteiger partial charge on any atom is 0.192 e. The Morgan fingerprint density at radius 3 is 2.75 bits per heavy atom. The number of guanidine groups is 1. The monoisotopic (exact) mass is 494 g/mol. The van der Waals surface area contributed by atoms with Crippen LogP contribution in [0.3, 0.4) is 0 Å². The molecule has 6 heteroatoms. The highest BCUT2D eigenvalue weighted by molar-refractivity contribution is 14.0. The molecule has 1 aromatic carbocycles. The Balaban J connectivity index is 0.00000225. The zero-order valence-electron chi connectivity index (χ0n) is 16.8. The summed E-state index contributed by atoms with van der Waals surface area (Å²) in [5.74, 6) is 1.90. The van der Waals surface area contributed by atoms with Gasteiger partial charge in [-0.2, -0.15) is 0 Å². The van der Waals surface area contributed by atoms with E-state index in [0.29, 0.717) is 6.54 Å². The average Bonchev–Trinajstić information content (AvgIpc) is 3.29. The van der Waals surface area contributed by atoms with Crippen LogP contribution >= 0.6 is 24.0 Å². The second kappa shape index (κ2) is 9.20. The van der Waals surface area contributed by atoms with Crippen LogP contribution in [0.4, 0.5) is 0 Å². The summed E-state index contributed by atoms with van der Waals surface area (Å²) in [7, 11) is 2.04. The molecule has 0 radical (unpaired) electrons. The molecule has 1 aliphatic carbocycles. The van der Waals surface area contributed by atoms with Crippen LogP contribution in [0.1, 0.15) is 56.2 Å². The summed E-state index contributed by atoms with van der Waals surface area (Å²) in [6, 6.07) is 10.8. The van der Waals surface area contributed by atoms with Crippen molar-refractivity contribution in [3.05, 3.63) is 53.9 Å². The van der Waals surface area contributed by atoms with Gasteiger partial charge in [-0.15, -0.1) is 24.0 Å². The fraction of sp³-hybridized carbons (Fsp3) is 0.500. The van der Waals surface area contributed by atoms with Crippen LogP contribution in [0.5, 0.6) is 5.75 Å². The van der Waals surface area contributed by atoms with Crippen LogP contribution in [-0.2, 0) is 13.6 Å². The minimum atomic E-state index is -0.0111. The number of nitrogens with one attached hydrogen (secondary N) is 2. The lowest BCUT2D eigenvalue weighted by atomic mass is 9.86. The van der Waals surface area contributed by atoms with Gasteiger partial charge in [0.25, 0.3) is 0 Å². The van der Waals surface area contributed by atoms with Crippen LogP contribution in [0.25, 0.3) is 0 Å². The number of hydrogen-bond acceptors (Lipinski definition) is 2. The first-order valence-electron chi connectivity index (χ1n) is 10.1. The minimum Gasteiger partial charge on any atom is -0.487 e. The van der Waals surface area contributed by atoms with Gasteiger partial charge in [0.1, 0.15) is 11.4 Å². The molecular weight excluding hydrogens is 463 g/mol. The Morgan fingerprint density at radius 1 is 1.25 bits per heavy atom. The van der Waals surface area contributed by atoms with Crippen LogP contribution in [0.15, 0.2) is 47.7 Å². The van der Waals surface area contributed by atoms with Crippen molar-refractivity contribution in [2.75, 3.05) is 6.54 Å². The molecule has 1 fully saturated rings. The Kier molecular flexibility index (Phi) is 6.91. The van der Waals surface area contributed by atoms with E-state index in [-0.39, 0.29) is 35.6 Å². The third kappa shape index (κ3) is 4.64. The predicted octanol–water partition coefficient (Wildman–Crippen LogP) is 4.53. The Labute approximate surface area is 185 Å². The topological polar surface area (TPSA) is 50.6 Å². The average molecular weight is 494 g/mol. The lowest BCUT2D eigenvalue weighted by Gasteiger charge is -2.40. The van der Waals surface area contributed by atoms with Gasteiger partial charge in [0.05, 0.1) is 12.6 Å². The number of aryl methyl sites for hydroxylation is 1. The van der Waals surface area contributed by atoms with Gasteiger partial charge in [-0.1, -0.05) is 18.2 Å². The summed E-state index contributed by atoms with van der Waals surface area (Å²) in [5.41, 5.74) is 2.44. The minimum absolute atomic E-state index is 0. The molecule has 2 N–H and O–H groups in total. The van der Waals surface area contributed by atoms with E-state index < -0.39 is 0 Å². The van der Waals surface area contributed by atoms with E-state index in [1.807, 2.05) is 7.05 Å². The maximum absolute atomic E-state index is 6.48. The standard InChI is InChI=1S/C22H30N4O.HI/c1-3-23-21(24-15-17-10-13-26(2)16-17)25-19-14-22(11-6-7-12-22)27-20-9-5-4-8-18(19)20;/h4-5,8-10,13,16,19H,3,6-7,11-12,14-15H2,1-2H3,(H2,23,24,25);1H. The van der Waals surface area contributed by atoms with Crippen LogP contribution in [-0.4, -0.2) is 22.7 Å². The first-order valence-corrected chi connectivity index (χ1v) is 10.1. The smallest absolute Gasteiger partial charge is 0.192 e. The van der Waals surface area contributed by atoms with E-state index in [2.05, 4.69) is 64.8 Å². The van der Waals surface area contributed by atoms with Gasteiger partial charge < -0.3 is 19.9 Å². The van der Waals surface area contributed by atoms with Crippen molar-refractivity contribution in [2.45, 2.75) is 57.2 Å². The molecule has 2 aromatic rings. The number of halogens is 1. The van der Waals surface area contributed by atoms with E-state index in [0.717, 1.165) is 37.5 Å². The summed E-state index contributed by atoms with van der Waals surface area (Å²) in [6.07, 6.45) is 10.00. The summed E-state index contributed by atoms with van der Waals surface area (Å²) in [6.45, 7) is 3.62. The molecule has 152 valence electrons. The van der Waals surface area contributed by atoms with Gasteiger partial charge in [-0.3, -0.25) is 0 Å². The quantitative estimate of drug-likeness (QED) is 0.373. The van der Waals surface area contributed by atoms with E-state index in [1.54, 1.807) is 0 Å². The number of rotatable bonds is 4. The van der Waals surface area contributed by atoms with Gasteiger partial charge in [0, 0.05) is 38.0 Å². The predicted molar refractivity (Wildman–Crippen MR) is 124 cm³/mol. The van der Waals surface area contributed by atoms with Crippen LogP contribution < -0.4 is 15.4 Å². The fourth-order valence-corrected chi connectivity index (χ4v) is 4.38. The highest BCUT2D eigenvalue weighted by atomic mass is 127. The van der Waals surface area contributed by atoms with Crippen molar-refractivity contribution in [1.29, 1.82) is 0 Å². The summed E-state index contributed by atoms with van der Waals surface area (Å²) >= 11 is 0. The molecule has 0 amide bonds. The normalized spacial score (nSPS) is 20.2. The fourth-order valence-electron chi connectivity index (χ4n) is 4.38. The van der Waals surface area contributed by atoms with E-state index in [9.17, 15) is 0 Å². The van der Waals surface area contributed by atoms with Crippen molar-refractivity contribution >= 4 is 29.9 Å². The first kappa shape index (κ1) is 21.0. The molecule has 0 saturated heterocycles. The molecule has 2 heterocycles. The van der Waals surface area contributed by atoms with E-state index >= 15 is 0 Å². The second-order valence-electron chi connectivity index (χ2n) is 7.81. The molecule has 1 aliphatic heterocycles. The van der Waals surface area contributed by atoms with E-state index in [4.69, 9.17) is 9.73 Å². The number of benzene rings is 1. The van der Waals surface area contributed by atoms with Crippen LogP contribution in [0, 0.1) is 0 Å². The van der Waals surface area contributed by atoms with E-state index in [1.165, 1.54) is 24.0 Å². The Morgan fingerprint density at radius 2 is 2.04 bits per heavy atom. The molecule has 5 nitrogen and oxygen atoms in total. The number of fused-ring (bicyclic) bond motifs is 1. The largest absolute Gasteiger partial charge is 0.487 e. The molecule has 1 unspecified atom stereocenters. The number of hydrogen-bond donors (Lipinski definition) is 2. The first-order chi connectivity index (χ1) is 13.2. The molecular formula is C22H31IN4O. The Hall–Kier alpha value is -1.70. The second-order valence-corrected chi connectivity index (χ2v) is 7.81. The molecule has 28 heavy (non-hydrogen) atoms. The number of aliphatic imine (C=N–C) groups is 1. The zero-order valence-corrected chi connectivity index (χ0v) is 19.1. The molecule has 1 spiro atoms. The van der Waals surface area contributed by atoms with Crippen molar-refractivity contribution in [2.24, 2.45) is 12.0 Å². The summed E-state index contributed by atoms with van der Waals surface area (Å²) < 4.78 is 8.54. The lowest BCUT2D eigenvalue weighted by Crippen LogP contribution is -2.46. The number of ether oxygens (including phenoxy) is 1. The third-order valence-electron chi connectivity index (χ3n) is 5.68. The van der Waals surface area contributed by atoms with Gasteiger partial charge in [-0.05, 0) is 50.3 Å². The Bertz CT molecular complexity index is 810. The maximum atomic E-state index is 6.48. The number of nitrogens with zero attached hydrogens (tertiary/aromatic N) is 2. The highest BCUT2D eigenvalue weighted by Gasteiger charge is 2.43. The van der Waals surface area contributed by atoms with Crippen LogP contribution in [0.2, 0.25) is 0 Å². The van der Waals surface area contributed by atoms with Gasteiger partial charge in [0.2, 0.25) is 0 Å².